The molecule has 3 aromatic rings. The molecule has 1 heterocycles. The Balaban J connectivity index is 2.07. The monoisotopic (exact) mass is 328 g/mol. The van der Waals surface area contributed by atoms with Gasteiger partial charge < -0.3 is 9.67 Å². The summed E-state index contributed by atoms with van der Waals surface area (Å²) in [5, 5.41) is 19.0. The maximum atomic E-state index is 14.3. The van der Waals surface area contributed by atoms with Crippen LogP contribution < -0.4 is 0 Å². The van der Waals surface area contributed by atoms with Crippen LogP contribution in [0.25, 0.3) is 10.9 Å². The van der Waals surface area contributed by atoms with Gasteiger partial charge in [0.1, 0.15) is 11.9 Å². The Kier molecular flexibility index (Phi) is 3.77. The quantitative estimate of drug-likeness (QED) is 0.788. The van der Waals surface area contributed by atoms with E-state index in [0.29, 0.717) is 16.0 Å². The molecule has 0 saturated heterocycles. The van der Waals surface area contributed by atoms with Gasteiger partial charge in [-0.05, 0) is 24.3 Å². The van der Waals surface area contributed by atoms with E-state index in [2.05, 4.69) is 0 Å². The summed E-state index contributed by atoms with van der Waals surface area (Å²) < 4.78 is 16.0. The zero-order valence-corrected chi connectivity index (χ0v) is 12.5. The van der Waals surface area contributed by atoms with Crippen molar-refractivity contribution in [2.75, 3.05) is 0 Å². The van der Waals surface area contributed by atoms with Crippen molar-refractivity contribution >= 4 is 28.5 Å². The lowest BCUT2D eigenvalue weighted by atomic mass is 10.1. The van der Waals surface area contributed by atoms with Crippen molar-refractivity contribution in [1.82, 2.24) is 4.57 Å². The van der Waals surface area contributed by atoms with Gasteiger partial charge in [-0.25, -0.2) is 9.18 Å². The largest absolute Gasteiger partial charge is 0.478 e. The van der Waals surface area contributed by atoms with E-state index in [-0.39, 0.29) is 17.7 Å². The smallest absolute Gasteiger partial charge is 0.338 e. The van der Waals surface area contributed by atoms with E-state index in [4.69, 9.17) is 22.0 Å². The van der Waals surface area contributed by atoms with Crippen molar-refractivity contribution in [2.45, 2.75) is 6.54 Å². The SMILES string of the molecule is N#Cc1ccc2c(ccn2Cc2cccc(C(=O)O)c2F)c1Cl. The maximum absolute atomic E-state index is 14.3. The van der Waals surface area contributed by atoms with Crippen molar-refractivity contribution < 1.29 is 14.3 Å². The van der Waals surface area contributed by atoms with E-state index < -0.39 is 11.8 Å². The van der Waals surface area contributed by atoms with E-state index in [1.165, 1.54) is 12.1 Å². The van der Waals surface area contributed by atoms with Gasteiger partial charge in [0.15, 0.2) is 0 Å². The van der Waals surface area contributed by atoms with Gasteiger partial charge in [0.25, 0.3) is 0 Å². The van der Waals surface area contributed by atoms with Crippen LogP contribution in [0.1, 0.15) is 21.5 Å². The minimum Gasteiger partial charge on any atom is -0.478 e. The van der Waals surface area contributed by atoms with Gasteiger partial charge >= 0.3 is 5.97 Å². The van der Waals surface area contributed by atoms with E-state index in [0.717, 1.165) is 5.52 Å². The second-order valence-electron chi connectivity index (χ2n) is 5.00. The molecule has 0 atom stereocenters. The first-order valence-electron chi connectivity index (χ1n) is 6.71. The summed E-state index contributed by atoms with van der Waals surface area (Å²) in [5.41, 5.74) is 1.02. The lowest BCUT2D eigenvalue weighted by Crippen LogP contribution is -2.06. The molecule has 0 fully saturated rings. The molecular formula is C17H10ClFN2O2. The van der Waals surface area contributed by atoms with Crippen LogP contribution in [0.2, 0.25) is 5.02 Å². The fourth-order valence-electron chi connectivity index (χ4n) is 2.51. The molecule has 0 radical (unpaired) electrons. The number of nitrogens with zero attached hydrogens (tertiary/aromatic N) is 2. The molecule has 4 nitrogen and oxygen atoms in total. The fraction of sp³-hybridized carbons (Fsp3) is 0.0588. The fourth-order valence-corrected chi connectivity index (χ4v) is 2.78. The van der Waals surface area contributed by atoms with Crippen LogP contribution in [-0.4, -0.2) is 15.6 Å². The average molecular weight is 329 g/mol. The number of carboxylic acids is 1. The van der Waals surface area contributed by atoms with Crippen molar-refractivity contribution in [1.29, 1.82) is 5.26 Å². The Bertz CT molecular complexity index is 973. The van der Waals surface area contributed by atoms with Gasteiger partial charge in [0, 0.05) is 22.7 Å². The van der Waals surface area contributed by atoms with E-state index in [1.54, 1.807) is 35.0 Å². The zero-order chi connectivity index (χ0) is 16.6. The van der Waals surface area contributed by atoms with Gasteiger partial charge in [-0.2, -0.15) is 5.26 Å². The third kappa shape index (κ3) is 2.54. The van der Waals surface area contributed by atoms with Gasteiger partial charge in [0.05, 0.1) is 22.7 Å². The number of hydrogen-bond donors (Lipinski definition) is 1. The maximum Gasteiger partial charge on any atom is 0.338 e. The Morgan fingerprint density at radius 3 is 2.78 bits per heavy atom. The molecule has 0 unspecified atom stereocenters. The molecule has 1 aromatic heterocycles. The van der Waals surface area contributed by atoms with Gasteiger partial charge in [-0.15, -0.1) is 0 Å². The van der Waals surface area contributed by atoms with Crippen molar-refractivity contribution in [3.8, 4) is 6.07 Å². The van der Waals surface area contributed by atoms with Gasteiger partial charge in [0.2, 0.25) is 0 Å². The Labute approximate surface area is 136 Å². The number of nitriles is 1. The summed E-state index contributed by atoms with van der Waals surface area (Å²) in [5.74, 6) is -2.05. The summed E-state index contributed by atoms with van der Waals surface area (Å²) in [6.45, 7) is 0.165. The summed E-state index contributed by atoms with van der Waals surface area (Å²) in [4.78, 5) is 11.0. The number of aromatic carboxylic acids is 1. The number of rotatable bonds is 3. The number of halogens is 2. The van der Waals surface area contributed by atoms with Crippen molar-refractivity contribution in [2.24, 2.45) is 0 Å². The summed E-state index contributed by atoms with van der Waals surface area (Å²) in [7, 11) is 0. The molecule has 3 rings (SSSR count). The molecule has 0 aliphatic heterocycles. The first-order chi connectivity index (χ1) is 11.0. The zero-order valence-electron chi connectivity index (χ0n) is 11.8. The molecular weight excluding hydrogens is 319 g/mol. The molecule has 0 spiro atoms. The second-order valence-corrected chi connectivity index (χ2v) is 5.38. The average Bonchev–Trinajstić information content (AvgIpc) is 2.93. The number of benzene rings is 2. The van der Waals surface area contributed by atoms with Crippen LogP contribution in [0.15, 0.2) is 42.6 Å². The number of fused-ring (bicyclic) bond motifs is 1. The summed E-state index contributed by atoms with van der Waals surface area (Å²) in [6, 6.07) is 11.4. The number of carboxylic acid groups (broad SMARTS) is 1. The van der Waals surface area contributed by atoms with Gasteiger partial charge in [-0.1, -0.05) is 23.7 Å². The minimum absolute atomic E-state index is 0.165. The molecule has 2 aromatic carbocycles. The predicted molar refractivity (Wildman–Crippen MR) is 84.1 cm³/mol. The van der Waals surface area contributed by atoms with E-state index in [9.17, 15) is 9.18 Å². The van der Waals surface area contributed by atoms with Crippen LogP contribution >= 0.6 is 11.6 Å². The number of carbonyl (C=O) groups is 1. The first kappa shape index (κ1) is 15.1. The standard InChI is InChI=1S/C17H10ClFN2O2/c18-15-10(8-20)4-5-14-12(15)6-7-21(14)9-11-2-1-3-13(16(11)19)17(22)23/h1-7H,9H2,(H,22,23). The Hall–Kier alpha value is -2.84. The molecule has 0 aliphatic carbocycles. The van der Waals surface area contributed by atoms with E-state index in [1.807, 2.05) is 6.07 Å². The third-order valence-corrected chi connectivity index (χ3v) is 4.06. The normalized spacial score (nSPS) is 10.7. The molecule has 114 valence electrons. The lowest BCUT2D eigenvalue weighted by molar-refractivity contribution is 0.0691. The van der Waals surface area contributed by atoms with Crippen molar-refractivity contribution in [3.63, 3.8) is 0 Å². The van der Waals surface area contributed by atoms with Crippen LogP contribution in [-0.2, 0) is 6.54 Å². The highest BCUT2D eigenvalue weighted by Crippen LogP contribution is 2.28. The summed E-state index contributed by atoms with van der Waals surface area (Å²) >= 11 is 6.17. The highest BCUT2D eigenvalue weighted by Gasteiger charge is 2.15. The molecule has 1 N–H and O–H groups in total. The molecule has 0 amide bonds. The Morgan fingerprint density at radius 2 is 2.09 bits per heavy atom. The topological polar surface area (TPSA) is 66.0 Å². The molecule has 0 bridgehead atoms. The van der Waals surface area contributed by atoms with Crippen LogP contribution in [0, 0.1) is 17.1 Å². The molecule has 6 heteroatoms. The minimum atomic E-state index is -1.30. The number of hydrogen-bond acceptors (Lipinski definition) is 2. The van der Waals surface area contributed by atoms with Crippen LogP contribution in [0.3, 0.4) is 0 Å². The first-order valence-corrected chi connectivity index (χ1v) is 7.09. The predicted octanol–water partition coefficient (Wildman–Crippen LogP) is 4.05. The summed E-state index contributed by atoms with van der Waals surface area (Å²) in [6.07, 6.45) is 1.73. The highest BCUT2D eigenvalue weighted by atomic mass is 35.5. The number of aromatic nitrogens is 1. The molecule has 0 saturated carbocycles. The second kappa shape index (κ2) is 5.75. The molecule has 0 aliphatic rings. The van der Waals surface area contributed by atoms with Gasteiger partial charge in [-0.3, -0.25) is 0 Å². The third-order valence-electron chi connectivity index (χ3n) is 3.66. The van der Waals surface area contributed by atoms with Crippen LogP contribution in [0.5, 0.6) is 0 Å². The highest BCUT2D eigenvalue weighted by molar-refractivity contribution is 6.36. The molecule has 23 heavy (non-hydrogen) atoms. The van der Waals surface area contributed by atoms with E-state index >= 15 is 0 Å². The van der Waals surface area contributed by atoms with Crippen LogP contribution in [0.4, 0.5) is 4.39 Å². The Morgan fingerprint density at radius 1 is 1.30 bits per heavy atom. The lowest BCUT2D eigenvalue weighted by Gasteiger charge is -2.09. The van der Waals surface area contributed by atoms with Crippen molar-refractivity contribution in [3.05, 3.63) is 70.1 Å².